The molecule has 6 N–H and O–H groups in total. The number of aliphatic hydroxyl groups excluding tert-OH is 2. The minimum atomic E-state index is -2.03. The summed E-state index contributed by atoms with van der Waals surface area (Å²) in [6, 6.07) is 5.12. The van der Waals surface area contributed by atoms with Crippen molar-refractivity contribution in [3.8, 4) is 40.1 Å². The second-order valence-electron chi connectivity index (χ2n) is 12.6. The number of benzene rings is 2. The van der Waals surface area contributed by atoms with Crippen LogP contribution in [0.5, 0.6) is 28.7 Å². The molecule has 10 atom stereocenters. The number of fused-ring (bicyclic) bond motifs is 1. The number of ether oxygens (including phenoxy) is 8. The Morgan fingerprint density at radius 1 is 0.691 bits per heavy atom. The van der Waals surface area contributed by atoms with Crippen LogP contribution in [-0.2, 0) is 52.3 Å². The maximum atomic E-state index is 13.9. The Labute approximate surface area is 310 Å². The van der Waals surface area contributed by atoms with Crippen molar-refractivity contribution in [1.29, 1.82) is 0 Å². The average Bonchev–Trinajstić information content (AvgIpc) is 3.08. The van der Waals surface area contributed by atoms with E-state index in [-0.39, 0.29) is 11.1 Å². The number of rotatable bonds is 10. The van der Waals surface area contributed by atoms with Gasteiger partial charge in [-0.1, -0.05) is 0 Å². The van der Waals surface area contributed by atoms with Crippen LogP contribution in [0.1, 0.15) is 34.6 Å². The number of hydrogen-bond donors (Lipinski definition) is 6. The Morgan fingerprint density at radius 2 is 1.29 bits per heavy atom. The molecule has 0 saturated carbocycles. The van der Waals surface area contributed by atoms with Crippen molar-refractivity contribution in [3.63, 3.8) is 0 Å². The lowest BCUT2D eigenvalue weighted by atomic mass is 9.98. The van der Waals surface area contributed by atoms with E-state index in [1.165, 1.54) is 13.0 Å². The van der Waals surface area contributed by atoms with Crippen LogP contribution >= 0.6 is 0 Å². The summed E-state index contributed by atoms with van der Waals surface area (Å²) in [4.78, 5) is 62.1. The number of phenols is 4. The van der Waals surface area contributed by atoms with Crippen LogP contribution < -0.4 is 10.2 Å². The zero-order valence-electron chi connectivity index (χ0n) is 29.8. The van der Waals surface area contributed by atoms with E-state index in [2.05, 4.69) is 0 Å². The molecule has 3 aromatic rings. The van der Waals surface area contributed by atoms with Gasteiger partial charge in [0.2, 0.25) is 17.5 Å². The number of carbonyl (C=O) groups excluding carboxylic acids is 4. The molecule has 3 heterocycles. The fourth-order valence-corrected chi connectivity index (χ4v) is 6.11. The second kappa shape index (κ2) is 16.4. The van der Waals surface area contributed by atoms with Crippen molar-refractivity contribution in [3.05, 3.63) is 40.6 Å². The predicted octanol–water partition coefficient (Wildman–Crippen LogP) is 0.596. The van der Waals surface area contributed by atoms with Gasteiger partial charge in [0, 0.05) is 45.4 Å². The smallest absolute Gasteiger partial charge is 0.303 e. The standard InChI is InChI=1S/C35H38O20/c1-12-28(49-13(2)36)32(51-15(4)38)33(52-16(5)39)35(48-12)47-11-23-25(44)30(50-14(3)37)27(46)34(54-23)55-31-26(45)24-21(43)9-18(40)10-22(24)53-29(31)17-6-7-19(41)20(42)8-17/h6-10,12,23,25,27-28,30,32-35,40-44,46H,11H2,1-5H3/t12-,23+,25-,27+,28-,30-,32+,33+,34-,35+/m0/s1. The molecule has 0 unspecified atom stereocenters. The highest BCUT2D eigenvalue weighted by atomic mass is 16.7. The lowest BCUT2D eigenvalue weighted by molar-refractivity contribution is -0.322. The monoisotopic (exact) mass is 778 g/mol. The van der Waals surface area contributed by atoms with Gasteiger partial charge in [-0.05, 0) is 25.1 Å². The van der Waals surface area contributed by atoms with Crippen LogP contribution in [0, 0.1) is 0 Å². The minimum Gasteiger partial charge on any atom is -0.508 e. The first kappa shape index (κ1) is 40.5. The molecule has 298 valence electrons. The van der Waals surface area contributed by atoms with Gasteiger partial charge in [0.15, 0.2) is 54.1 Å². The highest BCUT2D eigenvalue weighted by molar-refractivity contribution is 5.88. The molecule has 0 bridgehead atoms. The fraction of sp³-hybridized carbons (Fsp3) is 0.457. The summed E-state index contributed by atoms with van der Waals surface area (Å²) in [7, 11) is 0. The molecule has 1 aromatic heterocycles. The normalized spacial score (nSPS) is 27.8. The summed E-state index contributed by atoms with van der Waals surface area (Å²) in [6.07, 6.45) is -16.2. The highest BCUT2D eigenvalue weighted by Crippen LogP contribution is 2.40. The molecule has 2 saturated heterocycles. The highest BCUT2D eigenvalue weighted by Gasteiger charge is 2.53. The number of aromatic hydroxyl groups is 4. The summed E-state index contributed by atoms with van der Waals surface area (Å²) < 4.78 is 50.5. The molecule has 2 aromatic carbocycles. The van der Waals surface area contributed by atoms with Crippen molar-refractivity contribution < 1.29 is 92.1 Å². The molecule has 0 amide bonds. The third-order valence-electron chi connectivity index (χ3n) is 8.39. The molecule has 0 aliphatic carbocycles. The van der Waals surface area contributed by atoms with Gasteiger partial charge in [-0.25, -0.2) is 0 Å². The van der Waals surface area contributed by atoms with Crippen molar-refractivity contribution in [2.45, 2.75) is 96.0 Å². The lowest BCUT2D eigenvalue weighted by Gasteiger charge is -2.45. The van der Waals surface area contributed by atoms with Gasteiger partial charge in [-0.15, -0.1) is 0 Å². The third-order valence-corrected chi connectivity index (χ3v) is 8.39. The summed E-state index contributed by atoms with van der Waals surface area (Å²) in [5, 5.41) is 62.7. The van der Waals surface area contributed by atoms with Gasteiger partial charge in [-0.2, -0.15) is 0 Å². The lowest BCUT2D eigenvalue weighted by Crippen LogP contribution is -2.63. The Hall–Kier alpha value is -5.67. The number of carbonyl (C=O) groups is 4. The first-order valence-electron chi connectivity index (χ1n) is 16.6. The Morgan fingerprint density at radius 3 is 1.91 bits per heavy atom. The summed E-state index contributed by atoms with van der Waals surface area (Å²) >= 11 is 0. The molecule has 2 fully saturated rings. The van der Waals surface area contributed by atoms with Crippen molar-refractivity contribution in [2.75, 3.05) is 6.61 Å². The molecule has 5 rings (SSSR count). The molecule has 0 radical (unpaired) electrons. The molecule has 20 heteroatoms. The van der Waals surface area contributed by atoms with E-state index in [9.17, 15) is 54.6 Å². The number of phenolic OH excluding ortho intramolecular Hbond substituents is 4. The molecular weight excluding hydrogens is 740 g/mol. The molecule has 0 spiro atoms. The first-order chi connectivity index (χ1) is 25.9. The van der Waals surface area contributed by atoms with Gasteiger partial charge in [0.05, 0.1) is 12.7 Å². The summed E-state index contributed by atoms with van der Waals surface area (Å²) in [5.41, 5.74) is -1.50. The van der Waals surface area contributed by atoms with E-state index in [1.54, 1.807) is 0 Å². The van der Waals surface area contributed by atoms with Gasteiger partial charge in [0.25, 0.3) is 0 Å². The first-order valence-corrected chi connectivity index (χ1v) is 16.6. The SMILES string of the molecule is CC(=O)O[C@H]1[C@@H](O)[C@@H](CO[C@@H]2O[C@@H](C)[C@H](OC(C)=O)[C@@H](OC(C)=O)[C@H]2OC(C)=O)O[C@@H](Oc2c(-c3ccc(O)c(O)c3)oc3cc(O)cc(O)c3c2=O)[C@@H]1O. The molecular formula is C35H38O20. The Bertz CT molecular complexity index is 2010. The molecule has 2 aliphatic heterocycles. The summed E-state index contributed by atoms with van der Waals surface area (Å²) in [5.74, 6) is -7.03. The van der Waals surface area contributed by atoms with Crippen LogP contribution in [0.4, 0.5) is 0 Å². The number of hydrogen-bond acceptors (Lipinski definition) is 20. The van der Waals surface area contributed by atoms with E-state index in [4.69, 9.17) is 42.3 Å². The summed E-state index contributed by atoms with van der Waals surface area (Å²) in [6.45, 7) is 4.93. The van der Waals surface area contributed by atoms with E-state index >= 15 is 0 Å². The van der Waals surface area contributed by atoms with E-state index in [0.29, 0.717) is 0 Å². The van der Waals surface area contributed by atoms with Gasteiger partial charge in [-0.3, -0.25) is 24.0 Å². The topological polar surface area (TPSA) is 294 Å². The van der Waals surface area contributed by atoms with E-state index < -0.39 is 137 Å². The van der Waals surface area contributed by atoms with E-state index in [0.717, 1.165) is 52.0 Å². The largest absolute Gasteiger partial charge is 0.508 e. The Kier molecular flexibility index (Phi) is 12.1. The zero-order valence-corrected chi connectivity index (χ0v) is 29.8. The van der Waals surface area contributed by atoms with Gasteiger partial charge < -0.3 is 73.0 Å². The maximum absolute atomic E-state index is 13.9. The minimum absolute atomic E-state index is 0.0802. The average molecular weight is 779 g/mol. The quantitative estimate of drug-likeness (QED) is 0.0933. The van der Waals surface area contributed by atoms with E-state index in [1.807, 2.05) is 0 Å². The predicted molar refractivity (Wildman–Crippen MR) is 178 cm³/mol. The number of esters is 4. The van der Waals surface area contributed by atoms with Crippen molar-refractivity contribution in [1.82, 2.24) is 0 Å². The van der Waals surface area contributed by atoms with Gasteiger partial charge >= 0.3 is 23.9 Å². The Balaban J connectivity index is 1.52. The van der Waals surface area contributed by atoms with Crippen LogP contribution in [0.2, 0.25) is 0 Å². The second-order valence-corrected chi connectivity index (χ2v) is 12.6. The molecule has 55 heavy (non-hydrogen) atoms. The number of aliphatic hydroxyl groups is 2. The van der Waals surface area contributed by atoms with Gasteiger partial charge in [0.1, 0.15) is 34.7 Å². The van der Waals surface area contributed by atoms with Crippen LogP contribution in [-0.4, -0.2) is 123 Å². The van der Waals surface area contributed by atoms with Crippen LogP contribution in [0.15, 0.2) is 39.5 Å². The molecule has 20 nitrogen and oxygen atoms in total. The van der Waals surface area contributed by atoms with Crippen molar-refractivity contribution >= 4 is 34.8 Å². The van der Waals surface area contributed by atoms with Crippen LogP contribution in [0.25, 0.3) is 22.3 Å². The fourth-order valence-electron chi connectivity index (χ4n) is 6.11. The van der Waals surface area contributed by atoms with Crippen molar-refractivity contribution in [2.24, 2.45) is 0 Å². The maximum Gasteiger partial charge on any atom is 0.303 e. The van der Waals surface area contributed by atoms with Crippen LogP contribution in [0.3, 0.4) is 0 Å². The third kappa shape index (κ3) is 8.84. The molecule has 2 aliphatic rings. The zero-order chi connectivity index (χ0) is 40.5.